The first kappa shape index (κ1) is 20.7. The highest BCUT2D eigenvalue weighted by Gasteiger charge is 2.23. The molecule has 1 saturated heterocycles. The Balaban J connectivity index is 1.56. The Morgan fingerprint density at radius 2 is 1.83 bits per heavy atom. The SMILES string of the molecule is CCNC(=NCc1cnn(Cc2ccccc2)c1)N1CCN(C(=O)OCC)CC1. The molecule has 2 aromatic rings. The van der Waals surface area contributed by atoms with Crippen molar-refractivity contribution in [2.24, 2.45) is 4.99 Å². The summed E-state index contributed by atoms with van der Waals surface area (Å²) in [5.74, 6) is 0.867. The quantitative estimate of drug-likeness (QED) is 0.596. The van der Waals surface area contributed by atoms with Crippen LogP contribution >= 0.6 is 0 Å². The van der Waals surface area contributed by atoms with E-state index >= 15 is 0 Å². The first-order chi connectivity index (χ1) is 14.2. The maximum absolute atomic E-state index is 11.9. The zero-order valence-corrected chi connectivity index (χ0v) is 17.3. The molecule has 1 N–H and O–H groups in total. The van der Waals surface area contributed by atoms with E-state index in [0.29, 0.717) is 26.2 Å². The Morgan fingerprint density at radius 3 is 2.52 bits per heavy atom. The molecule has 0 spiro atoms. The van der Waals surface area contributed by atoms with Gasteiger partial charge in [-0.2, -0.15) is 5.10 Å². The summed E-state index contributed by atoms with van der Waals surface area (Å²) in [5.41, 5.74) is 2.29. The molecule has 1 aromatic carbocycles. The van der Waals surface area contributed by atoms with Gasteiger partial charge in [0.1, 0.15) is 0 Å². The van der Waals surface area contributed by atoms with E-state index in [1.54, 1.807) is 4.90 Å². The Bertz CT molecular complexity index is 797. The Labute approximate surface area is 172 Å². The van der Waals surface area contributed by atoms with E-state index in [9.17, 15) is 4.79 Å². The fourth-order valence-corrected chi connectivity index (χ4v) is 3.25. The number of amides is 1. The molecule has 0 unspecified atom stereocenters. The molecular formula is C21H30N6O2. The van der Waals surface area contributed by atoms with Crippen molar-refractivity contribution >= 4 is 12.1 Å². The Morgan fingerprint density at radius 1 is 1.10 bits per heavy atom. The smallest absolute Gasteiger partial charge is 0.409 e. The van der Waals surface area contributed by atoms with Crippen LogP contribution in [0.25, 0.3) is 0 Å². The number of hydrogen-bond donors (Lipinski definition) is 1. The summed E-state index contributed by atoms with van der Waals surface area (Å²) in [7, 11) is 0. The van der Waals surface area contributed by atoms with Crippen LogP contribution in [0, 0.1) is 0 Å². The monoisotopic (exact) mass is 398 g/mol. The predicted molar refractivity (Wildman–Crippen MR) is 113 cm³/mol. The average molecular weight is 399 g/mol. The summed E-state index contributed by atoms with van der Waals surface area (Å²) in [6, 6.07) is 10.3. The lowest BCUT2D eigenvalue weighted by Gasteiger charge is -2.35. The minimum Gasteiger partial charge on any atom is -0.450 e. The van der Waals surface area contributed by atoms with Crippen LogP contribution in [0.1, 0.15) is 25.0 Å². The van der Waals surface area contributed by atoms with Crippen LogP contribution in [0.2, 0.25) is 0 Å². The van der Waals surface area contributed by atoms with E-state index in [1.165, 1.54) is 5.56 Å². The number of piperazine rings is 1. The minimum atomic E-state index is -0.236. The zero-order valence-electron chi connectivity index (χ0n) is 17.3. The zero-order chi connectivity index (χ0) is 20.5. The molecule has 1 aliphatic rings. The number of carbonyl (C=O) groups excluding carboxylic acids is 1. The molecule has 2 heterocycles. The molecule has 1 aliphatic heterocycles. The van der Waals surface area contributed by atoms with Crippen molar-refractivity contribution in [3.63, 3.8) is 0 Å². The second kappa shape index (κ2) is 10.5. The standard InChI is InChI=1S/C21H30N6O2/c1-3-22-20(25-10-12-26(13-11-25)21(28)29-4-2)23-14-19-15-24-27(17-19)16-18-8-6-5-7-9-18/h5-9,15,17H,3-4,10-14,16H2,1-2H3,(H,22,23). The topological polar surface area (TPSA) is 75.0 Å². The number of guanidine groups is 1. The van der Waals surface area contributed by atoms with Crippen molar-refractivity contribution in [3.8, 4) is 0 Å². The van der Waals surface area contributed by atoms with Crippen LogP contribution < -0.4 is 5.32 Å². The third-order valence-corrected chi connectivity index (χ3v) is 4.73. The lowest BCUT2D eigenvalue weighted by molar-refractivity contribution is 0.0914. The number of aromatic nitrogens is 2. The third-order valence-electron chi connectivity index (χ3n) is 4.73. The molecule has 0 aliphatic carbocycles. The van der Waals surface area contributed by atoms with Crippen LogP contribution in [0.5, 0.6) is 0 Å². The van der Waals surface area contributed by atoms with Gasteiger partial charge in [-0.1, -0.05) is 30.3 Å². The Kier molecular flexibility index (Phi) is 7.49. The summed E-state index contributed by atoms with van der Waals surface area (Å²) >= 11 is 0. The minimum absolute atomic E-state index is 0.236. The third kappa shape index (κ3) is 5.97. The van der Waals surface area contributed by atoms with Crippen LogP contribution in [-0.2, 0) is 17.8 Å². The fraction of sp³-hybridized carbons (Fsp3) is 0.476. The second-order valence-electron chi connectivity index (χ2n) is 6.87. The molecule has 0 saturated carbocycles. The van der Waals surface area contributed by atoms with Gasteiger partial charge in [-0.25, -0.2) is 9.79 Å². The van der Waals surface area contributed by atoms with Gasteiger partial charge in [-0.05, 0) is 19.4 Å². The molecule has 0 bridgehead atoms. The molecule has 8 nitrogen and oxygen atoms in total. The maximum Gasteiger partial charge on any atom is 0.409 e. The van der Waals surface area contributed by atoms with Crippen LogP contribution in [0.4, 0.5) is 4.79 Å². The van der Waals surface area contributed by atoms with Gasteiger partial charge in [-0.3, -0.25) is 4.68 Å². The molecule has 0 radical (unpaired) electrons. The van der Waals surface area contributed by atoms with E-state index in [-0.39, 0.29) is 6.09 Å². The van der Waals surface area contributed by atoms with Gasteiger partial charge in [0, 0.05) is 44.5 Å². The average Bonchev–Trinajstić information content (AvgIpc) is 3.19. The van der Waals surface area contributed by atoms with E-state index in [4.69, 9.17) is 9.73 Å². The maximum atomic E-state index is 11.9. The summed E-state index contributed by atoms with van der Waals surface area (Å²) in [6.07, 6.45) is 3.67. The summed E-state index contributed by atoms with van der Waals surface area (Å²) in [6.45, 7) is 9.14. The summed E-state index contributed by atoms with van der Waals surface area (Å²) < 4.78 is 7.02. The highest BCUT2D eigenvalue weighted by Crippen LogP contribution is 2.08. The van der Waals surface area contributed by atoms with Crippen LogP contribution in [0.15, 0.2) is 47.7 Å². The molecule has 29 heavy (non-hydrogen) atoms. The number of nitrogens with one attached hydrogen (secondary N) is 1. The van der Waals surface area contributed by atoms with Gasteiger partial charge >= 0.3 is 6.09 Å². The lowest BCUT2D eigenvalue weighted by atomic mass is 10.2. The number of benzene rings is 1. The van der Waals surface area contributed by atoms with E-state index in [2.05, 4.69) is 34.4 Å². The van der Waals surface area contributed by atoms with Gasteiger partial charge in [0.05, 0.1) is 25.9 Å². The second-order valence-corrected chi connectivity index (χ2v) is 6.87. The fourth-order valence-electron chi connectivity index (χ4n) is 3.25. The molecule has 1 fully saturated rings. The Hall–Kier alpha value is -3.03. The van der Waals surface area contributed by atoms with Gasteiger partial charge in [0.25, 0.3) is 0 Å². The van der Waals surface area contributed by atoms with Gasteiger partial charge in [-0.15, -0.1) is 0 Å². The van der Waals surface area contributed by atoms with Crippen LogP contribution in [-0.4, -0.2) is 71.0 Å². The molecule has 1 amide bonds. The van der Waals surface area contributed by atoms with Crippen molar-refractivity contribution in [2.75, 3.05) is 39.3 Å². The van der Waals surface area contributed by atoms with Crippen molar-refractivity contribution in [3.05, 3.63) is 53.9 Å². The van der Waals surface area contributed by atoms with Gasteiger partial charge in [0.2, 0.25) is 0 Å². The van der Waals surface area contributed by atoms with Crippen LogP contribution in [0.3, 0.4) is 0 Å². The van der Waals surface area contributed by atoms with Crippen molar-refractivity contribution in [2.45, 2.75) is 26.9 Å². The summed E-state index contributed by atoms with van der Waals surface area (Å²) in [5, 5.41) is 7.80. The van der Waals surface area contributed by atoms with E-state index < -0.39 is 0 Å². The molecule has 3 rings (SSSR count). The number of rotatable bonds is 6. The number of hydrogen-bond acceptors (Lipinski definition) is 4. The lowest BCUT2D eigenvalue weighted by Crippen LogP contribution is -2.53. The van der Waals surface area contributed by atoms with Crippen molar-refractivity contribution in [1.82, 2.24) is 24.9 Å². The van der Waals surface area contributed by atoms with E-state index in [0.717, 1.165) is 37.7 Å². The van der Waals surface area contributed by atoms with E-state index in [1.807, 2.05) is 42.2 Å². The number of aliphatic imine (C=N–C) groups is 1. The number of nitrogens with zero attached hydrogens (tertiary/aromatic N) is 5. The molecule has 156 valence electrons. The van der Waals surface area contributed by atoms with Crippen molar-refractivity contribution in [1.29, 1.82) is 0 Å². The first-order valence-corrected chi connectivity index (χ1v) is 10.2. The predicted octanol–water partition coefficient (Wildman–Crippen LogP) is 2.17. The van der Waals surface area contributed by atoms with Gasteiger partial charge in [0.15, 0.2) is 5.96 Å². The summed E-state index contributed by atoms with van der Waals surface area (Å²) in [4.78, 5) is 20.6. The van der Waals surface area contributed by atoms with Gasteiger partial charge < -0.3 is 19.9 Å². The highest BCUT2D eigenvalue weighted by atomic mass is 16.6. The molecule has 8 heteroatoms. The molecule has 0 atom stereocenters. The largest absolute Gasteiger partial charge is 0.450 e. The molecule has 1 aromatic heterocycles. The number of carbonyl (C=O) groups is 1. The first-order valence-electron chi connectivity index (χ1n) is 10.2. The number of ether oxygens (including phenoxy) is 1. The van der Waals surface area contributed by atoms with Crippen molar-refractivity contribution < 1.29 is 9.53 Å². The molecular weight excluding hydrogens is 368 g/mol. The highest BCUT2D eigenvalue weighted by molar-refractivity contribution is 5.80. The normalized spacial score (nSPS) is 14.8.